The van der Waals surface area contributed by atoms with Crippen LogP contribution in [0.25, 0.3) is 0 Å². The molecule has 0 spiro atoms. The number of carbonyl (C=O) groups excluding carboxylic acids is 3. The normalized spacial score (nSPS) is 30.9. The third-order valence-electron chi connectivity index (χ3n) is 5.14. The van der Waals surface area contributed by atoms with E-state index in [1.54, 1.807) is 13.0 Å². The third kappa shape index (κ3) is 5.67. The summed E-state index contributed by atoms with van der Waals surface area (Å²) in [7, 11) is 0. The van der Waals surface area contributed by atoms with E-state index >= 15 is 0 Å². The summed E-state index contributed by atoms with van der Waals surface area (Å²) in [5, 5.41) is 18.4. The van der Waals surface area contributed by atoms with Crippen LogP contribution >= 0.6 is 0 Å². The van der Waals surface area contributed by atoms with Crippen LogP contribution in [0.1, 0.15) is 33.6 Å². The van der Waals surface area contributed by atoms with Crippen LogP contribution in [0.2, 0.25) is 0 Å². The molecular formula is C22H28O8. The number of ether oxygens (including phenoxy) is 3. The molecule has 0 bridgehead atoms. The number of carbonyl (C=O) groups is 3. The van der Waals surface area contributed by atoms with E-state index in [4.69, 9.17) is 19.3 Å². The Morgan fingerprint density at radius 1 is 1.30 bits per heavy atom. The number of aliphatic hydroxyl groups is 2. The summed E-state index contributed by atoms with van der Waals surface area (Å²) >= 11 is 0. The highest BCUT2D eigenvalue weighted by molar-refractivity contribution is 5.92. The van der Waals surface area contributed by atoms with E-state index in [0.717, 1.165) is 5.57 Å². The fourth-order valence-electron chi connectivity index (χ4n) is 3.56. The maximum absolute atomic E-state index is 12.5. The predicted octanol–water partition coefficient (Wildman–Crippen LogP) is 1.53. The molecule has 0 unspecified atom stereocenters. The Morgan fingerprint density at radius 3 is 2.60 bits per heavy atom. The molecule has 0 aromatic rings. The zero-order valence-electron chi connectivity index (χ0n) is 17.4. The molecule has 8 heteroatoms. The standard InChI is InChI=1S/C22H28O8/c1-12-5-6-17(28-15(4)25)13(2)10-19-20(14(3)21(26)29-19)18(9-12)30-22(27)16(11-24)7-8-23/h5,7,10,17-20,23-24H,3,6,8-9,11H2,1-2,4H3/b12-5-,13-10+,16-7+/t17-,18+,19+,20+/m0/s1. The van der Waals surface area contributed by atoms with Crippen molar-refractivity contribution in [3.63, 3.8) is 0 Å². The summed E-state index contributed by atoms with van der Waals surface area (Å²) in [6, 6.07) is 0. The molecule has 2 N–H and O–H groups in total. The molecule has 8 nitrogen and oxygen atoms in total. The predicted molar refractivity (Wildman–Crippen MR) is 107 cm³/mol. The molecule has 1 heterocycles. The Balaban J connectivity index is 2.42. The van der Waals surface area contributed by atoms with Gasteiger partial charge in [-0.3, -0.25) is 4.79 Å². The van der Waals surface area contributed by atoms with Gasteiger partial charge in [-0.1, -0.05) is 18.2 Å². The van der Waals surface area contributed by atoms with E-state index in [0.29, 0.717) is 18.4 Å². The highest BCUT2D eigenvalue weighted by Gasteiger charge is 2.45. The zero-order valence-corrected chi connectivity index (χ0v) is 17.4. The second-order valence-electron chi connectivity index (χ2n) is 7.43. The van der Waals surface area contributed by atoms with Gasteiger partial charge in [0.25, 0.3) is 0 Å². The SMILES string of the molecule is C=C1C(=O)O[C@@H]2/C=C(\C)[C@@H](OC(C)=O)C/C=C(/C)C[C@@H](OC(=O)/C(=C/CO)CO)[C@@H]12. The number of hydrogen-bond donors (Lipinski definition) is 2. The van der Waals surface area contributed by atoms with Crippen LogP contribution in [-0.4, -0.2) is 59.6 Å². The smallest absolute Gasteiger partial charge is 0.336 e. The Hall–Kier alpha value is -2.71. The minimum atomic E-state index is -0.786. The topological polar surface area (TPSA) is 119 Å². The summed E-state index contributed by atoms with van der Waals surface area (Å²) in [6.45, 7) is 7.76. The van der Waals surface area contributed by atoms with Crippen molar-refractivity contribution in [3.8, 4) is 0 Å². The van der Waals surface area contributed by atoms with Gasteiger partial charge in [0.2, 0.25) is 0 Å². The van der Waals surface area contributed by atoms with E-state index in [9.17, 15) is 19.5 Å². The van der Waals surface area contributed by atoms with Crippen molar-refractivity contribution in [2.75, 3.05) is 13.2 Å². The summed E-state index contributed by atoms with van der Waals surface area (Å²) in [5.74, 6) is -2.44. The van der Waals surface area contributed by atoms with Crippen molar-refractivity contribution in [2.45, 2.75) is 51.9 Å². The highest BCUT2D eigenvalue weighted by Crippen LogP contribution is 2.36. The molecule has 0 saturated carbocycles. The second kappa shape index (κ2) is 10.4. The number of aliphatic hydroxyl groups excluding tert-OH is 2. The van der Waals surface area contributed by atoms with E-state index in [-0.39, 0.29) is 11.1 Å². The van der Waals surface area contributed by atoms with Gasteiger partial charge >= 0.3 is 17.9 Å². The molecule has 164 valence electrons. The Bertz CT molecular complexity index is 804. The van der Waals surface area contributed by atoms with Gasteiger partial charge in [-0.2, -0.15) is 0 Å². The van der Waals surface area contributed by atoms with Crippen LogP contribution in [0.4, 0.5) is 0 Å². The summed E-state index contributed by atoms with van der Waals surface area (Å²) in [5.41, 5.74) is 1.67. The van der Waals surface area contributed by atoms with E-state index < -0.39 is 55.4 Å². The Kier molecular flexibility index (Phi) is 8.14. The van der Waals surface area contributed by atoms with Crippen LogP contribution in [0.5, 0.6) is 0 Å². The highest BCUT2D eigenvalue weighted by atomic mass is 16.6. The van der Waals surface area contributed by atoms with E-state index in [1.165, 1.54) is 13.0 Å². The zero-order chi connectivity index (χ0) is 22.4. The molecule has 0 radical (unpaired) electrons. The molecule has 2 aliphatic rings. The maximum atomic E-state index is 12.5. The Labute approximate surface area is 175 Å². The number of esters is 3. The van der Waals surface area contributed by atoms with Crippen LogP contribution in [-0.2, 0) is 28.6 Å². The first kappa shape index (κ1) is 23.6. The largest absolute Gasteiger partial charge is 0.458 e. The van der Waals surface area contributed by atoms with Gasteiger partial charge < -0.3 is 24.4 Å². The van der Waals surface area contributed by atoms with Gasteiger partial charge in [0, 0.05) is 25.3 Å². The average Bonchev–Trinajstić information content (AvgIpc) is 2.94. The van der Waals surface area contributed by atoms with Gasteiger partial charge in [0.1, 0.15) is 18.3 Å². The lowest BCUT2D eigenvalue weighted by atomic mass is 9.85. The fraction of sp³-hybridized carbons (Fsp3) is 0.500. The van der Waals surface area contributed by atoms with Crippen molar-refractivity contribution in [1.82, 2.24) is 0 Å². The molecule has 1 fully saturated rings. The lowest BCUT2D eigenvalue weighted by Gasteiger charge is -2.28. The van der Waals surface area contributed by atoms with Gasteiger partial charge in [0.05, 0.1) is 24.7 Å². The lowest BCUT2D eigenvalue weighted by molar-refractivity contribution is -0.148. The third-order valence-corrected chi connectivity index (χ3v) is 5.14. The van der Waals surface area contributed by atoms with E-state index in [2.05, 4.69) is 6.58 Å². The van der Waals surface area contributed by atoms with Gasteiger partial charge in [0.15, 0.2) is 0 Å². The van der Waals surface area contributed by atoms with Crippen molar-refractivity contribution >= 4 is 17.9 Å². The van der Waals surface area contributed by atoms with Crippen molar-refractivity contribution < 1.29 is 38.8 Å². The minimum Gasteiger partial charge on any atom is -0.458 e. The van der Waals surface area contributed by atoms with Crippen molar-refractivity contribution in [3.05, 3.63) is 47.1 Å². The lowest BCUT2D eigenvalue weighted by Crippen LogP contribution is -2.34. The quantitative estimate of drug-likeness (QED) is 0.297. The molecule has 1 saturated heterocycles. The summed E-state index contributed by atoms with van der Waals surface area (Å²) in [6.07, 6.45) is 3.45. The fourth-order valence-corrected chi connectivity index (χ4v) is 3.56. The molecule has 0 aromatic carbocycles. The summed E-state index contributed by atoms with van der Waals surface area (Å²) in [4.78, 5) is 36.2. The molecule has 2 rings (SSSR count). The first-order valence-corrected chi connectivity index (χ1v) is 9.70. The van der Waals surface area contributed by atoms with Gasteiger partial charge in [-0.25, -0.2) is 9.59 Å². The Morgan fingerprint density at radius 2 is 2.00 bits per heavy atom. The van der Waals surface area contributed by atoms with Crippen LogP contribution < -0.4 is 0 Å². The van der Waals surface area contributed by atoms with Gasteiger partial charge in [-0.05, 0) is 31.6 Å². The molecule has 30 heavy (non-hydrogen) atoms. The summed E-state index contributed by atoms with van der Waals surface area (Å²) < 4.78 is 16.5. The first-order chi connectivity index (χ1) is 14.2. The molecule has 1 aliphatic heterocycles. The van der Waals surface area contributed by atoms with Crippen LogP contribution in [0.3, 0.4) is 0 Å². The van der Waals surface area contributed by atoms with Crippen LogP contribution in [0, 0.1) is 5.92 Å². The van der Waals surface area contributed by atoms with E-state index in [1.807, 2.05) is 13.0 Å². The molecule has 1 aliphatic carbocycles. The number of fused-ring (bicyclic) bond motifs is 1. The van der Waals surface area contributed by atoms with Crippen molar-refractivity contribution in [2.24, 2.45) is 5.92 Å². The van der Waals surface area contributed by atoms with Gasteiger partial charge in [-0.15, -0.1) is 0 Å². The minimum absolute atomic E-state index is 0.0784. The molecular weight excluding hydrogens is 392 g/mol. The molecule has 4 atom stereocenters. The molecule has 0 aromatic heterocycles. The van der Waals surface area contributed by atoms with Crippen molar-refractivity contribution in [1.29, 1.82) is 0 Å². The van der Waals surface area contributed by atoms with Crippen LogP contribution in [0.15, 0.2) is 47.1 Å². The number of hydrogen-bond acceptors (Lipinski definition) is 8. The monoisotopic (exact) mass is 420 g/mol. The maximum Gasteiger partial charge on any atom is 0.336 e. The average molecular weight is 420 g/mol. The molecule has 0 amide bonds. The first-order valence-electron chi connectivity index (χ1n) is 9.70. The number of rotatable bonds is 5. The second-order valence-corrected chi connectivity index (χ2v) is 7.43.